The van der Waals surface area contributed by atoms with Crippen molar-refractivity contribution in [2.24, 2.45) is 5.73 Å². The van der Waals surface area contributed by atoms with Gasteiger partial charge in [-0.1, -0.05) is 29.8 Å². The molecule has 2 aromatic rings. The quantitative estimate of drug-likeness (QED) is 0.752. The van der Waals surface area contributed by atoms with Crippen LogP contribution in [0.4, 0.5) is 5.00 Å². The first-order chi connectivity index (χ1) is 13.4. The fourth-order valence-corrected chi connectivity index (χ4v) is 4.59. The molecule has 2 heterocycles. The van der Waals surface area contributed by atoms with Crippen LogP contribution in [0.15, 0.2) is 35.7 Å². The fraction of sp³-hybridized carbons (Fsp3) is 0.400. The first kappa shape index (κ1) is 20.8. The number of primary amides is 1. The number of nitrogens with two attached hydrogens (primary N) is 1. The Balaban J connectivity index is 1.56. The number of anilines is 1. The van der Waals surface area contributed by atoms with Crippen LogP contribution in [-0.2, 0) is 4.79 Å². The molecule has 3 rings (SSSR count). The van der Waals surface area contributed by atoms with Crippen molar-refractivity contribution in [3.05, 3.63) is 51.9 Å². The topological polar surface area (TPSA) is 78.7 Å². The van der Waals surface area contributed by atoms with Crippen LogP contribution in [0.5, 0.6) is 0 Å². The summed E-state index contributed by atoms with van der Waals surface area (Å²) in [6.07, 6.45) is 0. The predicted octanol–water partition coefficient (Wildman–Crippen LogP) is 3.21. The molecule has 1 aliphatic heterocycles. The van der Waals surface area contributed by atoms with E-state index in [-0.39, 0.29) is 18.0 Å². The number of carbonyl (C=O) groups is 2. The lowest BCUT2D eigenvalue weighted by Crippen LogP contribution is -2.53. The summed E-state index contributed by atoms with van der Waals surface area (Å²) in [4.78, 5) is 28.6. The summed E-state index contributed by atoms with van der Waals surface area (Å²) in [5.74, 6) is -0.663. The number of benzene rings is 1. The third-order valence-electron chi connectivity index (χ3n) is 5.35. The molecule has 2 atom stereocenters. The van der Waals surface area contributed by atoms with Gasteiger partial charge in [-0.2, -0.15) is 0 Å². The molecular formula is C20H25ClN4O2S. The molecule has 0 aliphatic carbocycles. The monoisotopic (exact) mass is 420 g/mol. The molecule has 0 saturated carbocycles. The lowest BCUT2D eigenvalue weighted by Gasteiger charge is -2.40. The van der Waals surface area contributed by atoms with Crippen molar-refractivity contribution >= 4 is 39.8 Å². The van der Waals surface area contributed by atoms with Crippen molar-refractivity contribution in [3.63, 3.8) is 0 Å². The van der Waals surface area contributed by atoms with Crippen molar-refractivity contribution in [2.45, 2.75) is 25.9 Å². The molecule has 150 valence electrons. The Kier molecular flexibility index (Phi) is 6.72. The van der Waals surface area contributed by atoms with E-state index in [9.17, 15) is 9.59 Å². The highest BCUT2D eigenvalue weighted by atomic mass is 35.5. The standard InChI is InChI=1S/C20H25ClN4O2S/c1-13(15-5-3-4-6-17(15)21)24-8-10-25(11-9-24)14(2)19(27)23-20-16(18(22)26)7-12-28-20/h3-7,12-14H,8-11H2,1-2H3,(H2,22,26)(H,23,27). The summed E-state index contributed by atoms with van der Waals surface area (Å²) in [5, 5.41) is 5.88. The molecular weight excluding hydrogens is 396 g/mol. The minimum atomic E-state index is -0.536. The van der Waals surface area contributed by atoms with Crippen molar-refractivity contribution in [2.75, 3.05) is 31.5 Å². The number of carbonyl (C=O) groups excluding carboxylic acids is 2. The third-order valence-corrected chi connectivity index (χ3v) is 6.52. The number of thiophene rings is 1. The van der Waals surface area contributed by atoms with Crippen LogP contribution in [0.25, 0.3) is 0 Å². The molecule has 8 heteroatoms. The second kappa shape index (κ2) is 9.05. The molecule has 1 aromatic heterocycles. The molecule has 6 nitrogen and oxygen atoms in total. The lowest BCUT2D eigenvalue weighted by molar-refractivity contribution is -0.121. The maximum atomic E-state index is 12.6. The number of rotatable bonds is 6. The summed E-state index contributed by atoms with van der Waals surface area (Å²) in [6.45, 7) is 7.34. The molecule has 0 spiro atoms. The van der Waals surface area contributed by atoms with Gasteiger partial charge in [-0.15, -0.1) is 11.3 Å². The van der Waals surface area contributed by atoms with Crippen LogP contribution in [0.1, 0.15) is 35.8 Å². The Morgan fingerprint density at radius 3 is 2.39 bits per heavy atom. The van der Waals surface area contributed by atoms with E-state index in [2.05, 4.69) is 28.1 Å². The van der Waals surface area contributed by atoms with E-state index < -0.39 is 5.91 Å². The van der Waals surface area contributed by atoms with Crippen LogP contribution in [0, 0.1) is 0 Å². The van der Waals surface area contributed by atoms with Crippen LogP contribution >= 0.6 is 22.9 Å². The van der Waals surface area contributed by atoms with Crippen LogP contribution in [0.3, 0.4) is 0 Å². The average molecular weight is 421 g/mol. The van der Waals surface area contributed by atoms with Crippen LogP contribution in [0.2, 0.25) is 5.02 Å². The van der Waals surface area contributed by atoms with Crippen LogP contribution in [-0.4, -0.2) is 53.8 Å². The number of nitrogens with one attached hydrogen (secondary N) is 1. The largest absolute Gasteiger partial charge is 0.366 e. The first-order valence-corrected chi connectivity index (χ1v) is 10.5. The zero-order chi connectivity index (χ0) is 20.3. The van der Waals surface area contributed by atoms with Gasteiger partial charge in [0, 0.05) is 37.2 Å². The van der Waals surface area contributed by atoms with E-state index in [1.807, 2.05) is 25.1 Å². The van der Waals surface area contributed by atoms with E-state index >= 15 is 0 Å². The smallest absolute Gasteiger partial charge is 0.251 e. The normalized spacial score (nSPS) is 17.8. The Bertz CT molecular complexity index is 848. The molecule has 1 saturated heterocycles. The van der Waals surface area contributed by atoms with E-state index in [1.54, 1.807) is 11.4 Å². The molecule has 3 N–H and O–H groups in total. The van der Waals surface area contributed by atoms with Gasteiger partial charge in [0.2, 0.25) is 5.91 Å². The zero-order valence-corrected chi connectivity index (χ0v) is 17.6. The van der Waals surface area contributed by atoms with Gasteiger partial charge in [0.15, 0.2) is 0 Å². The molecule has 0 bridgehead atoms. The van der Waals surface area contributed by atoms with Gasteiger partial charge >= 0.3 is 0 Å². The van der Waals surface area contributed by atoms with E-state index in [4.69, 9.17) is 17.3 Å². The summed E-state index contributed by atoms with van der Waals surface area (Å²) < 4.78 is 0. The molecule has 2 unspecified atom stereocenters. The minimum absolute atomic E-state index is 0.127. The SMILES string of the molecule is CC(C(=O)Nc1sccc1C(N)=O)N1CCN(C(C)c2ccccc2Cl)CC1. The molecule has 0 radical (unpaired) electrons. The molecule has 28 heavy (non-hydrogen) atoms. The number of nitrogens with zero attached hydrogens (tertiary/aromatic N) is 2. The highest BCUT2D eigenvalue weighted by molar-refractivity contribution is 7.14. The summed E-state index contributed by atoms with van der Waals surface area (Å²) in [6, 6.07) is 9.49. The van der Waals surface area contributed by atoms with Gasteiger partial charge in [0.25, 0.3) is 5.91 Å². The predicted molar refractivity (Wildman–Crippen MR) is 114 cm³/mol. The van der Waals surface area contributed by atoms with Gasteiger partial charge in [0.1, 0.15) is 5.00 Å². The van der Waals surface area contributed by atoms with E-state index in [0.717, 1.165) is 36.8 Å². The summed E-state index contributed by atoms with van der Waals surface area (Å²) >= 11 is 7.64. The number of hydrogen-bond donors (Lipinski definition) is 2. The van der Waals surface area contributed by atoms with E-state index in [0.29, 0.717) is 10.6 Å². The fourth-order valence-electron chi connectivity index (χ4n) is 3.50. The third kappa shape index (κ3) is 4.55. The van der Waals surface area contributed by atoms with Crippen molar-refractivity contribution in [3.8, 4) is 0 Å². The second-order valence-corrected chi connectivity index (χ2v) is 8.29. The zero-order valence-electron chi connectivity index (χ0n) is 16.0. The summed E-state index contributed by atoms with van der Waals surface area (Å²) in [5.41, 5.74) is 6.82. The van der Waals surface area contributed by atoms with Gasteiger partial charge in [0.05, 0.1) is 11.6 Å². The number of amides is 2. The lowest BCUT2D eigenvalue weighted by atomic mass is 10.1. The van der Waals surface area contributed by atoms with Crippen LogP contribution < -0.4 is 11.1 Å². The van der Waals surface area contributed by atoms with Crippen molar-refractivity contribution in [1.82, 2.24) is 9.80 Å². The molecule has 1 aliphatic rings. The van der Waals surface area contributed by atoms with Gasteiger partial charge in [-0.25, -0.2) is 0 Å². The van der Waals surface area contributed by atoms with Crippen molar-refractivity contribution < 1.29 is 9.59 Å². The Morgan fingerprint density at radius 1 is 1.11 bits per heavy atom. The highest BCUT2D eigenvalue weighted by Gasteiger charge is 2.29. The molecule has 1 fully saturated rings. The maximum Gasteiger partial charge on any atom is 0.251 e. The Hall–Kier alpha value is -1.93. The van der Waals surface area contributed by atoms with Crippen molar-refractivity contribution in [1.29, 1.82) is 0 Å². The Labute approximate surface area is 174 Å². The summed E-state index contributed by atoms with van der Waals surface area (Å²) in [7, 11) is 0. The number of piperazine rings is 1. The molecule has 1 aromatic carbocycles. The van der Waals surface area contributed by atoms with Gasteiger partial charge < -0.3 is 11.1 Å². The number of hydrogen-bond acceptors (Lipinski definition) is 5. The van der Waals surface area contributed by atoms with Gasteiger partial charge in [-0.05, 0) is 36.9 Å². The molecule has 2 amide bonds. The first-order valence-electron chi connectivity index (χ1n) is 9.29. The average Bonchev–Trinajstić information content (AvgIpc) is 3.16. The van der Waals surface area contributed by atoms with Gasteiger partial charge in [-0.3, -0.25) is 19.4 Å². The minimum Gasteiger partial charge on any atom is -0.366 e. The Morgan fingerprint density at radius 2 is 1.75 bits per heavy atom. The van der Waals surface area contributed by atoms with E-state index in [1.165, 1.54) is 11.3 Å². The number of halogens is 1. The second-order valence-electron chi connectivity index (χ2n) is 6.96. The highest BCUT2D eigenvalue weighted by Crippen LogP contribution is 2.28. The maximum absolute atomic E-state index is 12.6.